The van der Waals surface area contributed by atoms with Gasteiger partial charge >= 0.3 is 0 Å². The number of aliphatic hydroxyl groups excluding tert-OH is 1. The summed E-state index contributed by atoms with van der Waals surface area (Å²) in [5, 5.41) is 12.4. The molecule has 0 bridgehead atoms. The number of hydrogen-bond acceptors (Lipinski definition) is 4. The van der Waals surface area contributed by atoms with Crippen LogP contribution in [0.1, 0.15) is 35.2 Å². The second-order valence-electron chi connectivity index (χ2n) is 6.08. The van der Waals surface area contributed by atoms with E-state index in [0.29, 0.717) is 11.5 Å². The summed E-state index contributed by atoms with van der Waals surface area (Å²) >= 11 is 0. The lowest BCUT2D eigenvalue weighted by atomic mass is 10.0. The van der Waals surface area contributed by atoms with Crippen LogP contribution < -0.4 is 14.8 Å². The van der Waals surface area contributed by atoms with Crippen molar-refractivity contribution in [1.82, 2.24) is 5.32 Å². The lowest BCUT2D eigenvalue weighted by molar-refractivity contribution is 0.196. The summed E-state index contributed by atoms with van der Waals surface area (Å²) in [6, 6.07) is 12.7. The molecule has 2 aromatic rings. The normalized spacial score (nSPS) is 12.0. The van der Waals surface area contributed by atoms with Crippen LogP contribution in [0.4, 0.5) is 0 Å². The number of methoxy groups -OCH3 is 1. The van der Waals surface area contributed by atoms with E-state index >= 15 is 0 Å². The Morgan fingerprint density at radius 3 is 2.38 bits per heavy atom. The van der Waals surface area contributed by atoms with Crippen molar-refractivity contribution in [1.29, 1.82) is 0 Å². The maximum absolute atomic E-state index is 8.86. The Bertz CT molecular complexity index is 650. The van der Waals surface area contributed by atoms with Gasteiger partial charge in [-0.15, -0.1) is 0 Å². The fourth-order valence-electron chi connectivity index (χ4n) is 2.75. The number of benzene rings is 2. The van der Waals surface area contributed by atoms with E-state index in [9.17, 15) is 0 Å². The van der Waals surface area contributed by atoms with Crippen molar-refractivity contribution in [2.45, 2.75) is 33.4 Å². The van der Waals surface area contributed by atoms with Crippen LogP contribution in [0.15, 0.2) is 36.4 Å². The topological polar surface area (TPSA) is 50.7 Å². The molecule has 0 aliphatic heterocycles. The van der Waals surface area contributed by atoms with Gasteiger partial charge in [-0.2, -0.15) is 0 Å². The first-order chi connectivity index (χ1) is 11.5. The van der Waals surface area contributed by atoms with E-state index in [4.69, 9.17) is 14.6 Å². The zero-order valence-electron chi connectivity index (χ0n) is 14.9. The minimum Gasteiger partial charge on any atom is -0.493 e. The molecule has 0 fully saturated rings. The van der Waals surface area contributed by atoms with Gasteiger partial charge in [-0.25, -0.2) is 0 Å². The first-order valence-corrected chi connectivity index (χ1v) is 8.25. The van der Waals surface area contributed by atoms with Crippen molar-refractivity contribution in [2.24, 2.45) is 0 Å². The third-order valence-electron chi connectivity index (χ3n) is 3.93. The van der Waals surface area contributed by atoms with E-state index in [-0.39, 0.29) is 19.3 Å². The molecular formula is C20H27NO3. The number of aliphatic hydroxyl groups is 1. The SMILES string of the molecule is COc1cc(CNC(C)c2cc(C)cc(C)c2)ccc1OCCO. The highest BCUT2D eigenvalue weighted by Gasteiger charge is 2.09. The maximum atomic E-state index is 8.86. The van der Waals surface area contributed by atoms with E-state index in [1.165, 1.54) is 16.7 Å². The molecule has 2 rings (SSSR count). The first-order valence-electron chi connectivity index (χ1n) is 8.25. The molecule has 0 saturated heterocycles. The fraction of sp³-hybridized carbons (Fsp3) is 0.400. The van der Waals surface area contributed by atoms with Gasteiger partial charge in [0, 0.05) is 12.6 Å². The summed E-state index contributed by atoms with van der Waals surface area (Å²) in [5.74, 6) is 1.33. The van der Waals surface area contributed by atoms with Gasteiger partial charge in [-0.05, 0) is 44.0 Å². The molecule has 0 radical (unpaired) electrons. The second-order valence-corrected chi connectivity index (χ2v) is 6.08. The van der Waals surface area contributed by atoms with Gasteiger partial charge in [-0.3, -0.25) is 0 Å². The number of nitrogens with one attached hydrogen (secondary N) is 1. The predicted molar refractivity (Wildman–Crippen MR) is 96.7 cm³/mol. The average Bonchev–Trinajstić information content (AvgIpc) is 2.57. The van der Waals surface area contributed by atoms with Gasteiger partial charge in [0.1, 0.15) is 6.61 Å². The largest absolute Gasteiger partial charge is 0.493 e. The maximum Gasteiger partial charge on any atom is 0.161 e. The van der Waals surface area contributed by atoms with Gasteiger partial charge in [-0.1, -0.05) is 35.4 Å². The summed E-state index contributed by atoms with van der Waals surface area (Å²) in [7, 11) is 1.62. The standard InChI is InChI=1S/C20H27NO3/c1-14-9-15(2)11-18(10-14)16(3)21-13-17-5-6-19(24-8-7-22)20(12-17)23-4/h5-6,9-12,16,21-22H,7-8,13H2,1-4H3. The summed E-state index contributed by atoms with van der Waals surface area (Å²) in [4.78, 5) is 0. The molecule has 2 N–H and O–H groups in total. The molecule has 0 aromatic heterocycles. The number of aryl methyl sites for hydroxylation is 2. The molecule has 0 aliphatic rings. The van der Waals surface area contributed by atoms with Crippen LogP contribution in [-0.4, -0.2) is 25.4 Å². The quantitative estimate of drug-likeness (QED) is 0.778. The van der Waals surface area contributed by atoms with Gasteiger partial charge in [0.25, 0.3) is 0 Å². The zero-order chi connectivity index (χ0) is 17.5. The molecular weight excluding hydrogens is 302 g/mol. The van der Waals surface area contributed by atoms with E-state index in [2.05, 4.69) is 44.3 Å². The lowest BCUT2D eigenvalue weighted by Crippen LogP contribution is -2.18. The Kier molecular flexibility index (Phi) is 6.64. The molecule has 130 valence electrons. The van der Waals surface area contributed by atoms with Crippen molar-refractivity contribution in [3.8, 4) is 11.5 Å². The Morgan fingerprint density at radius 1 is 1.04 bits per heavy atom. The number of rotatable bonds is 8. The van der Waals surface area contributed by atoms with E-state index in [1.54, 1.807) is 7.11 Å². The van der Waals surface area contributed by atoms with Crippen LogP contribution in [0.2, 0.25) is 0 Å². The van der Waals surface area contributed by atoms with Crippen molar-refractivity contribution < 1.29 is 14.6 Å². The van der Waals surface area contributed by atoms with Crippen molar-refractivity contribution in [3.63, 3.8) is 0 Å². The summed E-state index contributed by atoms with van der Waals surface area (Å²) in [6.07, 6.45) is 0. The molecule has 0 aliphatic carbocycles. The first kappa shape index (κ1) is 18.3. The molecule has 0 heterocycles. The van der Waals surface area contributed by atoms with E-state index in [0.717, 1.165) is 12.1 Å². The van der Waals surface area contributed by atoms with Crippen LogP contribution >= 0.6 is 0 Å². The molecule has 24 heavy (non-hydrogen) atoms. The summed E-state index contributed by atoms with van der Waals surface area (Å²) in [6.45, 7) is 7.41. The molecule has 0 spiro atoms. The lowest BCUT2D eigenvalue weighted by Gasteiger charge is -2.17. The minimum absolute atomic E-state index is 0.0140. The Hall–Kier alpha value is -2.04. The van der Waals surface area contributed by atoms with Crippen LogP contribution in [-0.2, 0) is 6.54 Å². The van der Waals surface area contributed by atoms with Gasteiger partial charge in [0.05, 0.1) is 13.7 Å². The van der Waals surface area contributed by atoms with E-state index in [1.807, 2.05) is 18.2 Å². The molecule has 0 saturated carbocycles. The van der Waals surface area contributed by atoms with E-state index < -0.39 is 0 Å². The minimum atomic E-state index is -0.0140. The Labute approximate surface area is 144 Å². The predicted octanol–water partition coefficient (Wildman–Crippen LogP) is 3.53. The van der Waals surface area contributed by atoms with Crippen LogP contribution in [0.3, 0.4) is 0 Å². The molecule has 2 aromatic carbocycles. The monoisotopic (exact) mass is 329 g/mol. The molecule has 4 heteroatoms. The number of ether oxygens (including phenoxy) is 2. The van der Waals surface area contributed by atoms with Crippen molar-refractivity contribution >= 4 is 0 Å². The van der Waals surface area contributed by atoms with Gasteiger partial charge < -0.3 is 19.9 Å². The summed E-state index contributed by atoms with van der Waals surface area (Å²) in [5.41, 5.74) is 4.98. The Balaban J connectivity index is 2.02. The molecule has 0 amide bonds. The summed E-state index contributed by atoms with van der Waals surface area (Å²) < 4.78 is 10.8. The highest BCUT2D eigenvalue weighted by atomic mass is 16.5. The van der Waals surface area contributed by atoms with Crippen LogP contribution in [0.5, 0.6) is 11.5 Å². The molecule has 4 nitrogen and oxygen atoms in total. The molecule has 1 unspecified atom stereocenters. The Morgan fingerprint density at radius 2 is 1.75 bits per heavy atom. The second kappa shape index (κ2) is 8.71. The third-order valence-corrected chi connectivity index (χ3v) is 3.93. The molecule has 1 atom stereocenters. The highest BCUT2D eigenvalue weighted by molar-refractivity contribution is 5.43. The zero-order valence-corrected chi connectivity index (χ0v) is 14.9. The van der Waals surface area contributed by atoms with Crippen LogP contribution in [0.25, 0.3) is 0 Å². The smallest absolute Gasteiger partial charge is 0.161 e. The van der Waals surface area contributed by atoms with Crippen LogP contribution in [0, 0.1) is 13.8 Å². The fourth-order valence-corrected chi connectivity index (χ4v) is 2.75. The van der Waals surface area contributed by atoms with Crippen molar-refractivity contribution in [2.75, 3.05) is 20.3 Å². The third kappa shape index (κ3) is 4.98. The van der Waals surface area contributed by atoms with Gasteiger partial charge in [0.2, 0.25) is 0 Å². The average molecular weight is 329 g/mol. The van der Waals surface area contributed by atoms with Crippen molar-refractivity contribution in [3.05, 3.63) is 58.7 Å². The number of hydrogen-bond donors (Lipinski definition) is 2. The highest BCUT2D eigenvalue weighted by Crippen LogP contribution is 2.28. The van der Waals surface area contributed by atoms with Gasteiger partial charge in [0.15, 0.2) is 11.5 Å².